The summed E-state index contributed by atoms with van der Waals surface area (Å²) in [6, 6.07) is 37.6. The number of nitrogens with zero attached hydrogens (tertiary/aromatic N) is 1. The van der Waals surface area contributed by atoms with Gasteiger partial charge in [0.15, 0.2) is 11.4 Å². The van der Waals surface area contributed by atoms with Crippen LogP contribution in [-0.2, 0) is 29.6 Å². The number of amides is 2. The number of carbonyl (C=O) groups is 3. The minimum Gasteiger partial charge on any atom is -0.460 e. The zero-order valence-electron chi connectivity index (χ0n) is 26.1. The van der Waals surface area contributed by atoms with Gasteiger partial charge in [-0.2, -0.15) is 5.06 Å². The summed E-state index contributed by atoms with van der Waals surface area (Å²) in [6.45, 7) is 7.18. The summed E-state index contributed by atoms with van der Waals surface area (Å²) in [5.74, 6) is -2.33. The van der Waals surface area contributed by atoms with Crippen LogP contribution >= 0.6 is 0 Å². The fourth-order valence-electron chi connectivity index (χ4n) is 5.00. The Kier molecular flexibility index (Phi) is 11.1. The molecule has 0 saturated heterocycles. The molecule has 45 heavy (non-hydrogen) atoms. The fraction of sp³-hybridized carbons (Fsp3) is 0.270. The van der Waals surface area contributed by atoms with Crippen LogP contribution in [0.15, 0.2) is 121 Å². The molecule has 0 bridgehead atoms. The summed E-state index contributed by atoms with van der Waals surface area (Å²) < 4.78 is 5.51. The lowest BCUT2D eigenvalue weighted by atomic mass is 9.80. The van der Waals surface area contributed by atoms with Crippen molar-refractivity contribution >= 4 is 17.8 Å². The highest BCUT2D eigenvalue weighted by molar-refractivity contribution is 5.88. The third kappa shape index (κ3) is 8.80. The van der Waals surface area contributed by atoms with Gasteiger partial charge in [0, 0.05) is 6.42 Å². The first-order chi connectivity index (χ1) is 21.6. The van der Waals surface area contributed by atoms with E-state index in [1.54, 1.807) is 52.0 Å². The Morgan fingerprint density at radius 2 is 1.13 bits per heavy atom. The van der Waals surface area contributed by atoms with Gasteiger partial charge in [0.25, 0.3) is 5.91 Å². The van der Waals surface area contributed by atoms with Crippen LogP contribution in [0.25, 0.3) is 0 Å². The second-order valence-corrected chi connectivity index (χ2v) is 11.5. The molecule has 8 nitrogen and oxygen atoms in total. The van der Waals surface area contributed by atoms with E-state index in [1.165, 1.54) is 0 Å². The van der Waals surface area contributed by atoms with Crippen molar-refractivity contribution in [3.63, 3.8) is 0 Å². The summed E-state index contributed by atoms with van der Waals surface area (Å²) in [6.07, 6.45) is -0.666. The molecule has 4 rings (SSSR count). The minimum atomic E-state index is -1.21. The molecule has 0 radical (unpaired) electrons. The summed E-state index contributed by atoms with van der Waals surface area (Å²) in [5, 5.41) is 1.15. The smallest absolute Gasteiger partial charge is 0.307 e. The second kappa shape index (κ2) is 15.2. The average Bonchev–Trinajstić information content (AvgIpc) is 3.04. The molecule has 0 aromatic heterocycles. The van der Waals surface area contributed by atoms with E-state index in [9.17, 15) is 14.4 Å². The van der Waals surface area contributed by atoms with Crippen LogP contribution in [0.3, 0.4) is 0 Å². The minimum absolute atomic E-state index is 0.190. The maximum atomic E-state index is 13.8. The third-order valence-electron chi connectivity index (χ3n) is 6.96. The van der Waals surface area contributed by atoms with Crippen LogP contribution in [0.5, 0.6) is 5.75 Å². The van der Waals surface area contributed by atoms with Gasteiger partial charge in [-0.05, 0) is 56.5 Å². The summed E-state index contributed by atoms with van der Waals surface area (Å²) >= 11 is 0. The molecule has 0 heterocycles. The van der Waals surface area contributed by atoms with Gasteiger partial charge in [0.2, 0.25) is 5.91 Å². The van der Waals surface area contributed by atoms with Crippen molar-refractivity contribution < 1.29 is 28.8 Å². The second-order valence-electron chi connectivity index (χ2n) is 11.5. The summed E-state index contributed by atoms with van der Waals surface area (Å²) in [7, 11) is 0. The first-order valence-electron chi connectivity index (χ1n) is 15.0. The van der Waals surface area contributed by atoms with Gasteiger partial charge in [-0.3, -0.25) is 19.2 Å². The number of rotatable bonds is 13. The zero-order chi connectivity index (χ0) is 32.3. The lowest BCUT2D eigenvalue weighted by molar-refractivity contribution is -0.169. The maximum absolute atomic E-state index is 13.8. The molecular weight excluding hydrogens is 568 g/mol. The Hall–Kier alpha value is -4.95. The van der Waals surface area contributed by atoms with E-state index in [4.69, 9.17) is 14.4 Å². The topological polar surface area (TPSA) is 94.2 Å². The Labute approximate surface area is 264 Å². The van der Waals surface area contributed by atoms with Crippen LogP contribution in [0.1, 0.15) is 57.2 Å². The van der Waals surface area contributed by atoms with Crippen LogP contribution in [0.4, 0.5) is 0 Å². The molecule has 4 aromatic carbocycles. The Bertz CT molecular complexity index is 1430. The van der Waals surface area contributed by atoms with E-state index in [1.807, 2.05) is 97.1 Å². The first-order valence-corrected chi connectivity index (χ1v) is 15.0. The number of hydrogen-bond donors (Lipinski definition) is 1. The third-order valence-corrected chi connectivity index (χ3v) is 6.96. The number of ether oxygens (including phenoxy) is 1. The van der Waals surface area contributed by atoms with Crippen molar-refractivity contribution in [1.29, 1.82) is 0 Å². The highest BCUT2D eigenvalue weighted by atomic mass is 16.7. The molecule has 0 saturated carbocycles. The predicted molar refractivity (Wildman–Crippen MR) is 171 cm³/mol. The molecule has 234 valence electrons. The Balaban J connectivity index is 1.63. The Morgan fingerprint density at radius 3 is 1.56 bits per heavy atom. The summed E-state index contributed by atoms with van der Waals surface area (Å²) in [5.41, 5.74) is 3.02. The fourth-order valence-corrected chi connectivity index (χ4v) is 5.00. The van der Waals surface area contributed by atoms with Gasteiger partial charge in [0.05, 0.1) is 18.9 Å². The molecule has 0 fully saturated rings. The number of nitrogens with one attached hydrogen (secondary N) is 1. The standard InChI is InChI=1S/C37H40N2O6/c1-5-39(44-32-24-16-9-17-25-32)35(42)28(27-34(41)43-36(2,3)4)26-33(40)38-45-37(29-18-10-6-11-19-29,30-20-12-7-13-21-30)31-22-14-8-15-23-31/h6-25,28H,5,26-27H2,1-4H3,(H,38,40). The number of para-hydroxylation sites is 1. The van der Waals surface area contributed by atoms with Gasteiger partial charge in [-0.1, -0.05) is 109 Å². The molecule has 0 aliphatic rings. The highest BCUT2D eigenvalue weighted by Crippen LogP contribution is 2.39. The van der Waals surface area contributed by atoms with Crippen molar-refractivity contribution in [2.24, 2.45) is 5.92 Å². The summed E-state index contributed by atoms with van der Waals surface area (Å²) in [4.78, 5) is 52.5. The van der Waals surface area contributed by atoms with Crippen molar-refractivity contribution in [3.05, 3.63) is 138 Å². The number of hydrogen-bond acceptors (Lipinski definition) is 6. The molecule has 2 amide bonds. The maximum Gasteiger partial charge on any atom is 0.307 e. The van der Waals surface area contributed by atoms with E-state index in [-0.39, 0.29) is 19.4 Å². The van der Waals surface area contributed by atoms with Crippen LogP contribution < -0.4 is 10.3 Å². The number of hydroxylamine groups is 3. The molecule has 0 aliphatic carbocycles. The van der Waals surface area contributed by atoms with Gasteiger partial charge in [-0.25, -0.2) is 5.48 Å². The van der Waals surface area contributed by atoms with Crippen LogP contribution in [-0.4, -0.2) is 35.0 Å². The molecular formula is C37H40N2O6. The van der Waals surface area contributed by atoms with Gasteiger partial charge in [-0.15, -0.1) is 0 Å². The van der Waals surface area contributed by atoms with Crippen molar-refractivity contribution in [2.75, 3.05) is 6.54 Å². The van der Waals surface area contributed by atoms with Crippen LogP contribution in [0.2, 0.25) is 0 Å². The lowest BCUT2D eigenvalue weighted by Crippen LogP contribution is -2.44. The van der Waals surface area contributed by atoms with E-state index in [0.29, 0.717) is 5.75 Å². The normalized spacial score (nSPS) is 12.1. The number of benzene rings is 4. The van der Waals surface area contributed by atoms with E-state index >= 15 is 0 Å². The highest BCUT2D eigenvalue weighted by Gasteiger charge is 2.40. The monoisotopic (exact) mass is 608 g/mol. The van der Waals surface area contributed by atoms with Gasteiger partial charge in [0.1, 0.15) is 5.60 Å². The largest absolute Gasteiger partial charge is 0.460 e. The SMILES string of the molecule is CCN(Oc1ccccc1)C(=O)C(CC(=O)NOC(c1ccccc1)(c1ccccc1)c1ccccc1)CC(=O)OC(C)(C)C. The van der Waals surface area contributed by atoms with Crippen molar-refractivity contribution in [2.45, 2.75) is 51.7 Å². The van der Waals surface area contributed by atoms with Gasteiger partial charge < -0.3 is 9.57 Å². The number of esters is 1. The molecule has 1 N–H and O–H groups in total. The molecule has 0 spiro atoms. The molecule has 1 unspecified atom stereocenters. The van der Waals surface area contributed by atoms with Gasteiger partial charge >= 0.3 is 5.97 Å². The Morgan fingerprint density at radius 1 is 0.689 bits per heavy atom. The molecule has 1 atom stereocenters. The van der Waals surface area contributed by atoms with E-state index in [2.05, 4.69) is 5.48 Å². The lowest BCUT2D eigenvalue weighted by Gasteiger charge is -2.35. The number of carbonyl (C=O) groups excluding carboxylic acids is 3. The van der Waals surface area contributed by atoms with E-state index < -0.39 is 34.9 Å². The van der Waals surface area contributed by atoms with E-state index in [0.717, 1.165) is 21.8 Å². The average molecular weight is 609 g/mol. The quantitative estimate of drug-likeness (QED) is 0.104. The zero-order valence-corrected chi connectivity index (χ0v) is 26.1. The molecule has 0 aliphatic heterocycles. The first kappa shape index (κ1) is 33.0. The molecule has 8 heteroatoms. The molecule has 4 aromatic rings. The van der Waals surface area contributed by atoms with Crippen LogP contribution in [0, 0.1) is 5.92 Å². The van der Waals surface area contributed by atoms with Crippen molar-refractivity contribution in [1.82, 2.24) is 10.5 Å². The predicted octanol–water partition coefficient (Wildman–Crippen LogP) is 6.61. The van der Waals surface area contributed by atoms with Crippen molar-refractivity contribution in [3.8, 4) is 5.75 Å².